The minimum atomic E-state index is -0.213. The quantitative estimate of drug-likeness (QED) is 0.598. The highest BCUT2D eigenvalue weighted by molar-refractivity contribution is 6.36. The maximum atomic E-state index is 13.4. The summed E-state index contributed by atoms with van der Waals surface area (Å²) >= 11 is 0. The number of methoxy groups -OCH3 is 1. The van der Waals surface area contributed by atoms with E-state index in [-0.39, 0.29) is 11.8 Å². The number of para-hydroxylation sites is 1. The van der Waals surface area contributed by atoms with Crippen LogP contribution in [0.15, 0.2) is 60.3 Å². The van der Waals surface area contributed by atoms with Gasteiger partial charge >= 0.3 is 0 Å². The molecule has 1 fully saturated rings. The van der Waals surface area contributed by atoms with E-state index in [4.69, 9.17) is 4.74 Å². The molecule has 2 aliphatic rings. The molecule has 168 valence electrons. The molecule has 0 unspecified atom stereocenters. The van der Waals surface area contributed by atoms with Gasteiger partial charge in [-0.25, -0.2) is 0 Å². The van der Waals surface area contributed by atoms with Crippen LogP contribution in [-0.2, 0) is 16.1 Å². The fraction of sp³-hybridized carbons (Fsp3) is 0.385. The van der Waals surface area contributed by atoms with Gasteiger partial charge < -0.3 is 9.64 Å². The summed E-state index contributed by atoms with van der Waals surface area (Å²) in [5, 5.41) is 0. The number of rotatable bonds is 8. The molecule has 32 heavy (non-hydrogen) atoms. The molecule has 0 N–H and O–H groups in total. The zero-order chi connectivity index (χ0) is 22.5. The standard InChI is InChI=1S/C26H31N3O3/c1-3-4-14-29-25(30)23(21-12-8-9-13-22(21)32-2)24(26(29)31)28-17-15-27(16-18-28)19-20-10-6-5-7-11-20/h5-13H,3-4,14-19H2,1-2H3. The Morgan fingerprint density at radius 2 is 1.56 bits per heavy atom. The summed E-state index contributed by atoms with van der Waals surface area (Å²) in [6.07, 6.45) is 1.73. The molecular weight excluding hydrogens is 402 g/mol. The number of hydrogen-bond acceptors (Lipinski definition) is 5. The highest BCUT2D eigenvalue weighted by Gasteiger charge is 2.42. The van der Waals surface area contributed by atoms with Crippen LogP contribution in [0.3, 0.4) is 0 Å². The first-order valence-corrected chi connectivity index (χ1v) is 11.4. The maximum Gasteiger partial charge on any atom is 0.277 e. The van der Waals surface area contributed by atoms with Crippen molar-refractivity contribution in [2.75, 3.05) is 39.8 Å². The second-order valence-corrected chi connectivity index (χ2v) is 8.29. The van der Waals surface area contributed by atoms with Crippen molar-refractivity contribution in [1.82, 2.24) is 14.7 Å². The summed E-state index contributed by atoms with van der Waals surface area (Å²) in [5.74, 6) is 0.219. The average Bonchev–Trinajstić information content (AvgIpc) is 3.08. The molecule has 2 amide bonds. The summed E-state index contributed by atoms with van der Waals surface area (Å²) in [5.41, 5.74) is 2.97. The van der Waals surface area contributed by atoms with Crippen LogP contribution in [0, 0.1) is 0 Å². The third-order valence-electron chi connectivity index (χ3n) is 6.19. The van der Waals surface area contributed by atoms with Crippen LogP contribution >= 0.6 is 0 Å². The molecule has 6 heteroatoms. The summed E-state index contributed by atoms with van der Waals surface area (Å²) in [6, 6.07) is 17.9. The Morgan fingerprint density at radius 3 is 2.25 bits per heavy atom. The van der Waals surface area contributed by atoms with Crippen molar-refractivity contribution in [3.63, 3.8) is 0 Å². The van der Waals surface area contributed by atoms with Crippen LogP contribution in [-0.4, -0.2) is 66.3 Å². The van der Waals surface area contributed by atoms with Gasteiger partial charge in [-0.05, 0) is 18.1 Å². The van der Waals surface area contributed by atoms with Crippen LogP contribution in [0.4, 0.5) is 0 Å². The van der Waals surface area contributed by atoms with E-state index in [2.05, 4.69) is 41.0 Å². The van der Waals surface area contributed by atoms with Crippen LogP contribution < -0.4 is 4.74 Å². The zero-order valence-electron chi connectivity index (χ0n) is 18.9. The first kappa shape index (κ1) is 22.1. The molecule has 2 aromatic rings. The molecule has 0 saturated carbocycles. The van der Waals surface area contributed by atoms with Gasteiger partial charge in [-0.3, -0.25) is 19.4 Å². The number of benzene rings is 2. The molecule has 2 aromatic carbocycles. The molecule has 4 rings (SSSR count). The van der Waals surface area contributed by atoms with E-state index < -0.39 is 0 Å². The van der Waals surface area contributed by atoms with Gasteiger partial charge in [0.25, 0.3) is 11.8 Å². The Hall–Kier alpha value is -3.12. The van der Waals surface area contributed by atoms with E-state index in [1.165, 1.54) is 10.5 Å². The third kappa shape index (κ3) is 4.41. The zero-order valence-corrected chi connectivity index (χ0v) is 18.9. The normalized spacial score (nSPS) is 17.4. The van der Waals surface area contributed by atoms with Gasteiger partial charge in [-0.15, -0.1) is 0 Å². The molecule has 0 bridgehead atoms. The molecule has 2 heterocycles. The number of hydrogen-bond donors (Lipinski definition) is 0. The highest BCUT2D eigenvalue weighted by Crippen LogP contribution is 2.36. The fourth-order valence-electron chi connectivity index (χ4n) is 4.44. The first-order valence-electron chi connectivity index (χ1n) is 11.4. The number of carbonyl (C=O) groups excluding carboxylic acids is 2. The lowest BCUT2D eigenvalue weighted by molar-refractivity contribution is -0.137. The van der Waals surface area contributed by atoms with Gasteiger partial charge in [-0.2, -0.15) is 0 Å². The average molecular weight is 434 g/mol. The Balaban J connectivity index is 1.60. The van der Waals surface area contributed by atoms with Crippen molar-refractivity contribution >= 4 is 17.4 Å². The lowest BCUT2D eigenvalue weighted by Gasteiger charge is -2.36. The second kappa shape index (κ2) is 10.0. The number of nitrogens with zero attached hydrogens (tertiary/aromatic N) is 3. The lowest BCUT2D eigenvalue weighted by Crippen LogP contribution is -2.47. The number of ether oxygens (including phenoxy) is 1. The van der Waals surface area contributed by atoms with Gasteiger partial charge in [0, 0.05) is 44.8 Å². The maximum absolute atomic E-state index is 13.4. The van der Waals surface area contributed by atoms with Crippen molar-refractivity contribution < 1.29 is 14.3 Å². The van der Waals surface area contributed by atoms with E-state index in [9.17, 15) is 9.59 Å². The fourth-order valence-corrected chi connectivity index (χ4v) is 4.44. The molecule has 0 atom stereocenters. The van der Waals surface area contributed by atoms with Gasteiger partial charge in [0.1, 0.15) is 11.4 Å². The number of unbranched alkanes of at least 4 members (excludes halogenated alkanes) is 1. The Morgan fingerprint density at radius 1 is 0.875 bits per heavy atom. The molecule has 0 aromatic heterocycles. The molecule has 2 aliphatic heterocycles. The predicted octanol–water partition coefficient (Wildman–Crippen LogP) is 3.39. The molecular formula is C26H31N3O3. The monoisotopic (exact) mass is 433 g/mol. The van der Waals surface area contributed by atoms with Gasteiger partial charge in [-0.1, -0.05) is 61.9 Å². The minimum absolute atomic E-state index is 0.180. The molecule has 6 nitrogen and oxygen atoms in total. The summed E-state index contributed by atoms with van der Waals surface area (Å²) in [6.45, 7) is 6.50. The van der Waals surface area contributed by atoms with E-state index >= 15 is 0 Å². The van der Waals surface area contributed by atoms with Crippen LogP contribution in [0.2, 0.25) is 0 Å². The molecule has 0 spiro atoms. The molecule has 1 saturated heterocycles. The lowest BCUT2D eigenvalue weighted by atomic mass is 10.0. The first-order chi connectivity index (χ1) is 15.6. The number of piperazine rings is 1. The second-order valence-electron chi connectivity index (χ2n) is 8.29. The van der Waals surface area contributed by atoms with Crippen molar-refractivity contribution in [3.8, 4) is 5.75 Å². The summed E-state index contributed by atoms with van der Waals surface area (Å²) in [7, 11) is 1.59. The largest absolute Gasteiger partial charge is 0.496 e. The molecule has 0 radical (unpaired) electrons. The Bertz CT molecular complexity index is 994. The third-order valence-corrected chi connectivity index (χ3v) is 6.19. The number of imide groups is 1. The van der Waals surface area contributed by atoms with E-state index in [1.54, 1.807) is 7.11 Å². The van der Waals surface area contributed by atoms with Crippen molar-refractivity contribution in [2.24, 2.45) is 0 Å². The topological polar surface area (TPSA) is 53.1 Å². The van der Waals surface area contributed by atoms with E-state index in [1.807, 2.05) is 30.3 Å². The predicted molar refractivity (Wildman–Crippen MR) is 125 cm³/mol. The Labute approximate surface area is 190 Å². The minimum Gasteiger partial charge on any atom is -0.496 e. The number of carbonyl (C=O) groups is 2. The van der Waals surface area contributed by atoms with Crippen LogP contribution in [0.1, 0.15) is 30.9 Å². The Kier molecular flexibility index (Phi) is 6.90. The molecule has 0 aliphatic carbocycles. The van der Waals surface area contributed by atoms with Crippen LogP contribution in [0.25, 0.3) is 5.57 Å². The van der Waals surface area contributed by atoms with Gasteiger partial charge in [0.2, 0.25) is 0 Å². The van der Waals surface area contributed by atoms with E-state index in [0.29, 0.717) is 42.2 Å². The summed E-state index contributed by atoms with van der Waals surface area (Å²) in [4.78, 5) is 32.7. The highest BCUT2D eigenvalue weighted by atomic mass is 16.5. The van der Waals surface area contributed by atoms with Gasteiger partial charge in [0.05, 0.1) is 12.7 Å². The van der Waals surface area contributed by atoms with Crippen LogP contribution in [0.5, 0.6) is 5.75 Å². The van der Waals surface area contributed by atoms with Crippen molar-refractivity contribution in [3.05, 3.63) is 71.4 Å². The summed E-state index contributed by atoms with van der Waals surface area (Å²) < 4.78 is 5.53. The van der Waals surface area contributed by atoms with E-state index in [0.717, 1.165) is 32.5 Å². The van der Waals surface area contributed by atoms with Crippen molar-refractivity contribution in [2.45, 2.75) is 26.3 Å². The number of amides is 2. The smallest absolute Gasteiger partial charge is 0.277 e. The van der Waals surface area contributed by atoms with Crippen molar-refractivity contribution in [1.29, 1.82) is 0 Å². The SMILES string of the molecule is CCCCN1C(=O)C(c2ccccc2OC)=C(N2CCN(Cc3ccccc3)CC2)C1=O. The van der Waals surface area contributed by atoms with Gasteiger partial charge in [0.15, 0.2) is 0 Å².